The minimum atomic E-state index is -3.37. The first-order chi connectivity index (χ1) is 9.85. The van der Waals surface area contributed by atoms with Crippen LogP contribution in [-0.2, 0) is 14.8 Å². The Balaban J connectivity index is 2.70. The molecule has 6 nitrogen and oxygen atoms in total. The van der Waals surface area contributed by atoms with E-state index in [-0.39, 0.29) is 5.91 Å². The third-order valence-electron chi connectivity index (χ3n) is 2.83. The minimum absolute atomic E-state index is 0.221. The highest BCUT2D eigenvalue weighted by Crippen LogP contribution is 2.19. The van der Waals surface area contributed by atoms with Gasteiger partial charge in [0.2, 0.25) is 10.0 Å². The Kier molecular flexibility index (Phi) is 6.64. The number of hydrogen-bond donors (Lipinski definition) is 2. The number of nitrogens with one attached hydrogen (secondary N) is 2. The Labute approximate surface area is 125 Å². The summed E-state index contributed by atoms with van der Waals surface area (Å²) >= 11 is 0. The molecule has 0 spiro atoms. The number of ether oxygens (including phenoxy) is 1. The van der Waals surface area contributed by atoms with E-state index in [1.165, 1.54) is 0 Å². The van der Waals surface area contributed by atoms with Crippen LogP contribution in [0.15, 0.2) is 18.2 Å². The van der Waals surface area contributed by atoms with Crippen LogP contribution in [-0.4, -0.2) is 40.3 Å². The van der Waals surface area contributed by atoms with Gasteiger partial charge in [-0.05, 0) is 38.0 Å². The van der Waals surface area contributed by atoms with E-state index >= 15 is 0 Å². The summed E-state index contributed by atoms with van der Waals surface area (Å²) in [4.78, 5) is 12.1. The van der Waals surface area contributed by atoms with Crippen molar-refractivity contribution < 1.29 is 17.9 Å². The molecule has 0 radical (unpaired) electrons. The molecule has 0 heterocycles. The highest BCUT2D eigenvalue weighted by molar-refractivity contribution is 7.92. The molecule has 1 rings (SSSR count). The van der Waals surface area contributed by atoms with Gasteiger partial charge in [0.25, 0.3) is 5.91 Å². The number of carbonyl (C=O) groups excluding carboxylic acids is 1. The van der Waals surface area contributed by atoms with Gasteiger partial charge >= 0.3 is 0 Å². The zero-order chi connectivity index (χ0) is 15.9. The van der Waals surface area contributed by atoms with Gasteiger partial charge in [-0.3, -0.25) is 9.52 Å². The van der Waals surface area contributed by atoms with Crippen molar-refractivity contribution in [3.8, 4) is 0 Å². The summed E-state index contributed by atoms with van der Waals surface area (Å²) in [6.07, 6.45) is 1.81. The van der Waals surface area contributed by atoms with E-state index in [1.807, 2.05) is 6.92 Å². The summed E-state index contributed by atoms with van der Waals surface area (Å²) in [7, 11) is -3.37. The Bertz CT molecular complexity index is 585. The Morgan fingerprint density at radius 2 is 2.05 bits per heavy atom. The molecule has 0 atom stereocenters. The maximum Gasteiger partial charge on any atom is 0.251 e. The van der Waals surface area contributed by atoms with Crippen LogP contribution in [0.5, 0.6) is 0 Å². The molecule has 0 aliphatic heterocycles. The van der Waals surface area contributed by atoms with Crippen LogP contribution in [0, 0.1) is 6.92 Å². The van der Waals surface area contributed by atoms with E-state index in [0.29, 0.717) is 36.6 Å². The number of benzene rings is 1. The zero-order valence-corrected chi connectivity index (χ0v) is 13.4. The van der Waals surface area contributed by atoms with E-state index in [4.69, 9.17) is 4.74 Å². The number of amides is 1. The van der Waals surface area contributed by atoms with Crippen LogP contribution in [0.25, 0.3) is 0 Å². The Morgan fingerprint density at radius 3 is 2.67 bits per heavy atom. The second-order valence-electron chi connectivity index (χ2n) is 4.66. The summed E-state index contributed by atoms with van der Waals surface area (Å²) < 4.78 is 30.2. The summed E-state index contributed by atoms with van der Waals surface area (Å²) in [5.41, 5.74) is 1.48. The molecule has 7 heteroatoms. The van der Waals surface area contributed by atoms with Crippen molar-refractivity contribution in [2.45, 2.75) is 20.3 Å². The quantitative estimate of drug-likeness (QED) is 0.713. The van der Waals surface area contributed by atoms with Gasteiger partial charge in [-0.25, -0.2) is 8.42 Å². The van der Waals surface area contributed by atoms with Gasteiger partial charge < -0.3 is 10.1 Å². The lowest BCUT2D eigenvalue weighted by molar-refractivity contribution is 0.0943. The van der Waals surface area contributed by atoms with Gasteiger partial charge in [0.1, 0.15) is 0 Å². The molecule has 0 fully saturated rings. The smallest absolute Gasteiger partial charge is 0.251 e. The maximum absolute atomic E-state index is 12.1. The third kappa shape index (κ3) is 6.14. The van der Waals surface area contributed by atoms with E-state index in [1.54, 1.807) is 25.1 Å². The molecular weight excluding hydrogens is 292 g/mol. The molecule has 2 N–H and O–H groups in total. The lowest BCUT2D eigenvalue weighted by Gasteiger charge is -2.12. The molecular formula is C14H22N2O4S. The largest absolute Gasteiger partial charge is 0.382 e. The average Bonchev–Trinajstić information content (AvgIpc) is 2.39. The van der Waals surface area contributed by atoms with E-state index in [9.17, 15) is 13.2 Å². The molecule has 0 aliphatic carbocycles. The zero-order valence-electron chi connectivity index (χ0n) is 12.6. The van der Waals surface area contributed by atoms with Gasteiger partial charge in [0.05, 0.1) is 11.9 Å². The molecule has 118 valence electrons. The van der Waals surface area contributed by atoms with Crippen LogP contribution >= 0.6 is 0 Å². The first kappa shape index (κ1) is 17.5. The summed E-state index contributed by atoms with van der Waals surface area (Å²) in [5, 5.41) is 2.79. The fourth-order valence-corrected chi connectivity index (χ4v) is 2.43. The molecule has 0 saturated carbocycles. The van der Waals surface area contributed by atoms with Crippen molar-refractivity contribution >= 4 is 21.6 Å². The number of anilines is 1. The molecule has 0 unspecified atom stereocenters. The molecule has 1 aromatic rings. The first-order valence-corrected chi connectivity index (χ1v) is 8.67. The topological polar surface area (TPSA) is 84.5 Å². The Hall–Kier alpha value is -1.60. The van der Waals surface area contributed by atoms with E-state index in [0.717, 1.165) is 12.7 Å². The van der Waals surface area contributed by atoms with E-state index in [2.05, 4.69) is 10.0 Å². The van der Waals surface area contributed by atoms with Gasteiger partial charge in [-0.2, -0.15) is 0 Å². The molecule has 1 aromatic carbocycles. The van der Waals surface area contributed by atoms with Crippen molar-refractivity contribution in [3.05, 3.63) is 29.3 Å². The summed E-state index contributed by atoms with van der Waals surface area (Å²) in [5.74, 6) is -0.221. The van der Waals surface area contributed by atoms with E-state index < -0.39 is 10.0 Å². The first-order valence-electron chi connectivity index (χ1n) is 6.78. The Morgan fingerprint density at radius 1 is 1.33 bits per heavy atom. The monoisotopic (exact) mass is 314 g/mol. The lowest BCUT2D eigenvalue weighted by Crippen LogP contribution is -2.26. The second kappa shape index (κ2) is 7.99. The van der Waals surface area contributed by atoms with Crippen molar-refractivity contribution in [3.63, 3.8) is 0 Å². The predicted octanol–water partition coefficient (Wildman–Crippen LogP) is 1.52. The summed E-state index contributed by atoms with van der Waals surface area (Å²) in [6.45, 7) is 5.41. The SMILES string of the molecule is CCOCCCNC(=O)c1cccc(NS(C)(=O)=O)c1C. The normalized spacial score (nSPS) is 11.2. The van der Waals surface area contributed by atoms with Crippen LogP contribution in [0.1, 0.15) is 29.3 Å². The fraction of sp³-hybridized carbons (Fsp3) is 0.500. The minimum Gasteiger partial charge on any atom is -0.382 e. The highest BCUT2D eigenvalue weighted by Gasteiger charge is 2.13. The molecule has 0 saturated heterocycles. The van der Waals surface area contributed by atoms with Gasteiger partial charge in [0, 0.05) is 25.3 Å². The molecule has 0 aromatic heterocycles. The number of carbonyl (C=O) groups is 1. The second-order valence-corrected chi connectivity index (χ2v) is 6.41. The van der Waals surface area contributed by atoms with Crippen LogP contribution in [0.3, 0.4) is 0 Å². The van der Waals surface area contributed by atoms with Gasteiger partial charge in [-0.15, -0.1) is 0 Å². The van der Waals surface area contributed by atoms with Crippen molar-refractivity contribution in [2.75, 3.05) is 30.7 Å². The van der Waals surface area contributed by atoms with Crippen LogP contribution < -0.4 is 10.0 Å². The van der Waals surface area contributed by atoms with Gasteiger partial charge in [0.15, 0.2) is 0 Å². The van der Waals surface area contributed by atoms with Crippen LogP contribution in [0.2, 0.25) is 0 Å². The summed E-state index contributed by atoms with van der Waals surface area (Å²) in [6, 6.07) is 4.94. The van der Waals surface area contributed by atoms with Crippen molar-refractivity contribution in [1.29, 1.82) is 0 Å². The van der Waals surface area contributed by atoms with Crippen molar-refractivity contribution in [1.82, 2.24) is 5.32 Å². The fourth-order valence-electron chi connectivity index (χ4n) is 1.81. The number of sulfonamides is 1. The standard InChI is InChI=1S/C14H22N2O4S/c1-4-20-10-6-9-15-14(17)12-7-5-8-13(11(12)2)16-21(3,18)19/h5,7-8,16H,4,6,9-10H2,1-3H3,(H,15,17). The van der Waals surface area contributed by atoms with Crippen molar-refractivity contribution in [2.24, 2.45) is 0 Å². The third-order valence-corrected chi connectivity index (χ3v) is 3.42. The average molecular weight is 314 g/mol. The maximum atomic E-state index is 12.1. The molecule has 21 heavy (non-hydrogen) atoms. The molecule has 1 amide bonds. The number of rotatable bonds is 8. The highest BCUT2D eigenvalue weighted by atomic mass is 32.2. The predicted molar refractivity (Wildman–Crippen MR) is 83.1 cm³/mol. The van der Waals surface area contributed by atoms with Crippen LogP contribution in [0.4, 0.5) is 5.69 Å². The van der Waals surface area contributed by atoms with Gasteiger partial charge in [-0.1, -0.05) is 6.07 Å². The molecule has 0 bridgehead atoms. The lowest BCUT2D eigenvalue weighted by atomic mass is 10.1. The molecule has 0 aliphatic rings. The number of hydrogen-bond acceptors (Lipinski definition) is 4.